The average molecular weight is 169 g/mol. The Morgan fingerprint density at radius 1 is 1.73 bits per heavy atom. The Hall–Kier alpha value is -1.22. The highest BCUT2D eigenvalue weighted by molar-refractivity contribution is 7.98. The molecular weight excluding hydrogens is 162 g/mol. The largest absolute Gasteiger partial charge is 0.368 e. The van der Waals surface area contributed by atoms with Gasteiger partial charge < -0.3 is 5.73 Å². The van der Waals surface area contributed by atoms with Crippen molar-refractivity contribution < 1.29 is 0 Å². The van der Waals surface area contributed by atoms with E-state index in [-0.39, 0.29) is 12.5 Å². The van der Waals surface area contributed by atoms with Crippen molar-refractivity contribution in [3.63, 3.8) is 0 Å². The summed E-state index contributed by atoms with van der Waals surface area (Å²) in [5.41, 5.74) is 5.43. The van der Waals surface area contributed by atoms with E-state index in [0.29, 0.717) is 5.16 Å². The van der Waals surface area contributed by atoms with Crippen molar-refractivity contribution in [2.75, 3.05) is 12.0 Å². The van der Waals surface area contributed by atoms with Crippen LogP contribution in [-0.4, -0.2) is 21.0 Å². The molecule has 2 N–H and O–H groups in total. The first-order valence-electron chi connectivity index (χ1n) is 2.89. The molecule has 6 heteroatoms. The molecule has 1 aromatic rings. The molecule has 0 spiro atoms. The molecule has 0 fully saturated rings. The van der Waals surface area contributed by atoms with Crippen LogP contribution in [0.25, 0.3) is 0 Å². The molecule has 0 aliphatic carbocycles. The quantitative estimate of drug-likeness (QED) is 0.635. The third kappa shape index (κ3) is 1.43. The van der Waals surface area contributed by atoms with Gasteiger partial charge in [0.1, 0.15) is 6.54 Å². The zero-order valence-electron chi connectivity index (χ0n) is 5.98. The summed E-state index contributed by atoms with van der Waals surface area (Å²) in [5, 5.41) is 16.4. The second-order valence-electron chi connectivity index (χ2n) is 1.79. The number of nitrogen functional groups attached to an aromatic ring is 1. The van der Waals surface area contributed by atoms with Gasteiger partial charge in [-0.3, -0.25) is 4.57 Å². The van der Waals surface area contributed by atoms with Gasteiger partial charge in [-0.1, -0.05) is 11.8 Å². The first kappa shape index (κ1) is 7.88. The number of rotatable bonds is 2. The Morgan fingerprint density at radius 3 is 3.00 bits per heavy atom. The second-order valence-corrected chi connectivity index (χ2v) is 2.56. The molecule has 0 radical (unpaired) electrons. The minimum absolute atomic E-state index is 0.203. The summed E-state index contributed by atoms with van der Waals surface area (Å²) in [6.07, 6.45) is 1.86. The van der Waals surface area contributed by atoms with Crippen molar-refractivity contribution in [3.8, 4) is 6.07 Å². The normalized spacial score (nSPS) is 9.45. The monoisotopic (exact) mass is 169 g/mol. The number of anilines is 1. The van der Waals surface area contributed by atoms with E-state index in [4.69, 9.17) is 11.0 Å². The van der Waals surface area contributed by atoms with Crippen molar-refractivity contribution in [3.05, 3.63) is 0 Å². The number of thioether (sulfide) groups is 1. The van der Waals surface area contributed by atoms with Gasteiger partial charge in [0.2, 0.25) is 5.95 Å². The van der Waals surface area contributed by atoms with E-state index in [9.17, 15) is 0 Å². The molecular formula is C5H7N5S. The molecule has 1 rings (SSSR count). The standard InChI is InChI=1S/C5H7N5S/c1-11-5-9-8-4(7)10(5)3-2-6/h3H2,1H3,(H2,7,8). The van der Waals surface area contributed by atoms with Gasteiger partial charge >= 0.3 is 0 Å². The number of aromatic nitrogens is 3. The zero-order chi connectivity index (χ0) is 8.27. The van der Waals surface area contributed by atoms with Crippen LogP contribution in [0, 0.1) is 11.3 Å². The molecule has 0 bridgehead atoms. The Morgan fingerprint density at radius 2 is 2.45 bits per heavy atom. The van der Waals surface area contributed by atoms with Crippen LogP contribution in [0.4, 0.5) is 5.95 Å². The summed E-state index contributed by atoms with van der Waals surface area (Å²) in [4.78, 5) is 0. The molecule has 0 atom stereocenters. The molecule has 0 unspecified atom stereocenters. The predicted octanol–water partition coefficient (Wildman–Crippen LogP) is 0.106. The molecule has 11 heavy (non-hydrogen) atoms. The van der Waals surface area contributed by atoms with Gasteiger partial charge in [-0.05, 0) is 6.26 Å². The van der Waals surface area contributed by atoms with Crippen molar-refractivity contribution in [2.45, 2.75) is 11.7 Å². The minimum atomic E-state index is 0.203. The Kier molecular flexibility index (Phi) is 2.33. The van der Waals surface area contributed by atoms with Gasteiger partial charge in [0.15, 0.2) is 5.16 Å². The fourth-order valence-corrected chi connectivity index (χ4v) is 1.17. The SMILES string of the molecule is CSc1nnc(N)n1CC#N. The van der Waals surface area contributed by atoms with Gasteiger partial charge in [0, 0.05) is 0 Å². The number of nitriles is 1. The molecule has 0 aliphatic heterocycles. The lowest BCUT2D eigenvalue weighted by atomic mass is 10.7. The van der Waals surface area contributed by atoms with E-state index in [1.165, 1.54) is 11.8 Å². The molecule has 0 aromatic carbocycles. The van der Waals surface area contributed by atoms with E-state index in [0.717, 1.165) is 0 Å². The molecule has 0 saturated heterocycles. The summed E-state index contributed by atoms with van der Waals surface area (Å²) in [7, 11) is 0. The number of nitrogens with two attached hydrogens (primary N) is 1. The van der Waals surface area contributed by atoms with Crippen LogP contribution >= 0.6 is 11.8 Å². The molecule has 0 amide bonds. The van der Waals surface area contributed by atoms with Crippen molar-refractivity contribution in [1.29, 1.82) is 5.26 Å². The van der Waals surface area contributed by atoms with Crippen LogP contribution in [0.3, 0.4) is 0 Å². The Labute approximate surface area is 68.2 Å². The maximum absolute atomic E-state index is 8.39. The topological polar surface area (TPSA) is 80.5 Å². The van der Waals surface area contributed by atoms with E-state index < -0.39 is 0 Å². The van der Waals surface area contributed by atoms with E-state index in [1.807, 2.05) is 12.3 Å². The van der Waals surface area contributed by atoms with E-state index in [2.05, 4.69) is 10.2 Å². The van der Waals surface area contributed by atoms with Crippen molar-refractivity contribution >= 4 is 17.7 Å². The first-order valence-corrected chi connectivity index (χ1v) is 4.11. The molecule has 1 aromatic heterocycles. The van der Waals surface area contributed by atoms with Crippen LogP contribution in [0.15, 0.2) is 5.16 Å². The van der Waals surface area contributed by atoms with Gasteiger partial charge in [-0.15, -0.1) is 10.2 Å². The highest BCUT2D eigenvalue weighted by atomic mass is 32.2. The highest BCUT2D eigenvalue weighted by Gasteiger charge is 2.06. The van der Waals surface area contributed by atoms with Gasteiger partial charge in [-0.25, -0.2) is 0 Å². The van der Waals surface area contributed by atoms with Crippen LogP contribution < -0.4 is 5.73 Å². The van der Waals surface area contributed by atoms with Crippen LogP contribution in [0.5, 0.6) is 0 Å². The van der Waals surface area contributed by atoms with E-state index >= 15 is 0 Å². The van der Waals surface area contributed by atoms with Crippen molar-refractivity contribution in [2.24, 2.45) is 0 Å². The smallest absolute Gasteiger partial charge is 0.223 e. The second kappa shape index (κ2) is 3.25. The summed E-state index contributed by atoms with van der Waals surface area (Å²) in [5.74, 6) is 0.288. The number of hydrogen-bond acceptors (Lipinski definition) is 5. The third-order valence-electron chi connectivity index (χ3n) is 1.16. The number of nitrogens with zero attached hydrogens (tertiary/aromatic N) is 4. The maximum atomic E-state index is 8.39. The van der Waals surface area contributed by atoms with Gasteiger partial charge in [0.05, 0.1) is 6.07 Å². The highest BCUT2D eigenvalue weighted by Crippen LogP contribution is 2.13. The Balaban J connectivity index is 2.99. The van der Waals surface area contributed by atoms with Gasteiger partial charge in [-0.2, -0.15) is 5.26 Å². The summed E-state index contributed by atoms with van der Waals surface area (Å²) in [6, 6.07) is 1.98. The molecule has 0 aliphatic rings. The molecule has 58 valence electrons. The zero-order valence-corrected chi connectivity index (χ0v) is 6.80. The maximum Gasteiger partial charge on any atom is 0.223 e. The fourth-order valence-electron chi connectivity index (χ4n) is 0.670. The summed E-state index contributed by atoms with van der Waals surface area (Å²) >= 11 is 1.41. The molecule has 5 nitrogen and oxygen atoms in total. The van der Waals surface area contributed by atoms with Crippen LogP contribution in [-0.2, 0) is 6.54 Å². The number of hydrogen-bond donors (Lipinski definition) is 1. The Bertz CT molecular complexity index is 286. The first-order chi connectivity index (χ1) is 5.29. The fraction of sp³-hybridized carbons (Fsp3) is 0.400. The van der Waals surface area contributed by atoms with E-state index in [1.54, 1.807) is 4.57 Å². The molecule has 0 saturated carbocycles. The lowest BCUT2D eigenvalue weighted by Gasteiger charge is -1.98. The predicted molar refractivity (Wildman–Crippen MR) is 41.8 cm³/mol. The minimum Gasteiger partial charge on any atom is -0.368 e. The summed E-state index contributed by atoms with van der Waals surface area (Å²) < 4.78 is 1.56. The lowest BCUT2D eigenvalue weighted by Crippen LogP contribution is -2.02. The van der Waals surface area contributed by atoms with Crippen molar-refractivity contribution in [1.82, 2.24) is 14.8 Å². The van der Waals surface area contributed by atoms with Gasteiger partial charge in [0.25, 0.3) is 0 Å². The summed E-state index contributed by atoms with van der Waals surface area (Å²) in [6.45, 7) is 0.203. The lowest BCUT2D eigenvalue weighted by molar-refractivity contribution is 0.741. The molecule has 1 heterocycles. The third-order valence-corrected chi connectivity index (χ3v) is 1.82. The average Bonchev–Trinajstić information content (AvgIpc) is 2.34. The van der Waals surface area contributed by atoms with Crippen LogP contribution in [0.2, 0.25) is 0 Å². The van der Waals surface area contributed by atoms with Crippen LogP contribution in [0.1, 0.15) is 0 Å².